The Morgan fingerprint density at radius 3 is 3.00 bits per heavy atom. The number of rotatable bonds is 0. The topological polar surface area (TPSA) is 79.2 Å². The van der Waals surface area contributed by atoms with E-state index in [1.165, 1.54) is 18.2 Å². The van der Waals surface area contributed by atoms with E-state index in [1.807, 2.05) is 6.07 Å². The Morgan fingerprint density at radius 2 is 2.31 bits per heavy atom. The molecule has 0 saturated heterocycles. The highest BCUT2D eigenvalue weighted by Gasteiger charge is 2.25. The molecule has 0 aromatic heterocycles. The predicted octanol–water partition coefficient (Wildman–Crippen LogP) is 0.617. The van der Waals surface area contributed by atoms with Crippen molar-refractivity contribution in [3.8, 4) is 11.8 Å². The largest absolute Gasteiger partial charge is 0.488 e. The zero-order valence-electron chi connectivity index (χ0n) is 8.60. The van der Waals surface area contributed by atoms with Gasteiger partial charge in [-0.15, -0.1) is 0 Å². The Kier molecular flexibility index (Phi) is 2.58. The summed E-state index contributed by atoms with van der Waals surface area (Å²) in [5, 5.41) is 8.73. The highest BCUT2D eigenvalue weighted by atomic mass is 32.2. The lowest BCUT2D eigenvalue weighted by Gasteiger charge is -2.10. The molecule has 0 fully saturated rings. The van der Waals surface area contributed by atoms with Crippen LogP contribution in [0.5, 0.6) is 5.75 Å². The molecule has 0 radical (unpaired) electrons. The van der Waals surface area contributed by atoms with Gasteiger partial charge >= 0.3 is 0 Å². The zero-order valence-corrected chi connectivity index (χ0v) is 9.41. The maximum absolute atomic E-state index is 11.8. The van der Waals surface area contributed by atoms with Gasteiger partial charge in [-0.2, -0.15) is 5.26 Å². The number of fused-ring (bicyclic) bond motifs is 1. The molecule has 1 aliphatic heterocycles. The Bertz CT molecular complexity index is 560. The van der Waals surface area contributed by atoms with Gasteiger partial charge in [0, 0.05) is 6.54 Å². The molecule has 0 unspecified atom stereocenters. The van der Waals surface area contributed by atoms with Crippen LogP contribution in [-0.4, -0.2) is 21.1 Å². The number of benzene rings is 1. The van der Waals surface area contributed by atoms with Crippen molar-refractivity contribution in [2.45, 2.75) is 17.9 Å². The molecule has 0 saturated carbocycles. The summed E-state index contributed by atoms with van der Waals surface area (Å²) in [6, 6.07) is 6.26. The number of nitrogens with one attached hydrogen (secondary N) is 1. The molecule has 5 nitrogen and oxygen atoms in total. The van der Waals surface area contributed by atoms with Gasteiger partial charge < -0.3 is 4.74 Å². The van der Waals surface area contributed by atoms with E-state index in [0.717, 1.165) is 0 Å². The minimum atomic E-state index is -3.57. The summed E-state index contributed by atoms with van der Waals surface area (Å²) in [6.45, 7) is 1.99. The number of ether oxygens (including phenoxy) is 1. The lowest BCUT2D eigenvalue weighted by atomic mass is 10.2. The van der Waals surface area contributed by atoms with Crippen LogP contribution in [0.1, 0.15) is 12.5 Å². The lowest BCUT2D eigenvalue weighted by Crippen LogP contribution is -2.29. The molecule has 1 aliphatic rings. The predicted molar refractivity (Wildman–Crippen MR) is 56.4 cm³/mol. The fourth-order valence-corrected chi connectivity index (χ4v) is 2.72. The molecule has 2 rings (SSSR count). The second-order valence-electron chi connectivity index (χ2n) is 3.55. The summed E-state index contributed by atoms with van der Waals surface area (Å²) < 4.78 is 31.5. The minimum absolute atomic E-state index is 0.0240. The molecule has 0 spiro atoms. The molecule has 84 valence electrons. The summed E-state index contributed by atoms with van der Waals surface area (Å²) in [7, 11) is -3.57. The molecular formula is C10H10N2O3S. The first-order valence-corrected chi connectivity index (χ1v) is 6.22. The van der Waals surface area contributed by atoms with Crippen LogP contribution in [0.4, 0.5) is 0 Å². The third kappa shape index (κ3) is 1.87. The fraction of sp³-hybridized carbons (Fsp3) is 0.300. The van der Waals surface area contributed by atoms with E-state index in [-0.39, 0.29) is 23.3 Å². The Labute approximate surface area is 93.7 Å². The van der Waals surface area contributed by atoms with Crippen LogP contribution < -0.4 is 9.46 Å². The van der Waals surface area contributed by atoms with E-state index in [0.29, 0.717) is 5.56 Å². The van der Waals surface area contributed by atoms with E-state index in [9.17, 15) is 8.42 Å². The fourth-order valence-electron chi connectivity index (χ4n) is 1.45. The Balaban J connectivity index is 2.63. The summed E-state index contributed by atoms with van der Waals surface area (Å²) in [6.07, 6.45) is -0.232. The third-order valence-electron chi connectivity index (χ3n) is 2.25. The molecule has 0 amide bonds. The van der Waals surface area contributed by atoms with Gasteiger partial charge in [0.25, 0.3) is 0 Å². The highest BCUT2D eigenvalue weighted by Crippen LogP contribution is 2.27. The van der Waals surface area contributed by atoms with E-state index >= 15 is 0 Å². The van der Waals surface area contributed by atoms with Crippen molar-refractivity contribution in [1.29, 1.82) is 5.26 Å². The number of hydrogen-bond acceptors (Lipinski definition) is 4. The minimum Gasteiger partial charge on any atom is -0.488 e. The summed E-state index contributed by atoms with van der Waals surface area (Å²) >= 11 is 0. The van der Waals surface area contributed by atoms with Crippen molar-refractivity contribution in [2.24, 2.45) is 0 Å². The smallest absolute Gasteiger partial charge is 0.244 e. The molecule has 0 aliphatic carbocycles. The molecule has 1 aromatic rings. The van der Waals surface area contributed by atoms with Crippen LogP contribution in [-0.2, 0) is 10.0 Å². The van der Waals surface area contributed by atoms with Gasteiger partial charge in [-0.05, 0) is 25.1 Å². The first-order chi connectivity index (χ1) is 7.53. The van der Waals surface area contributed by atoms with Crippen molar-refractivity contribution >= 4 is 10.0 Å². The average molecular weight is 238 g/mol. The molecule has 1 aromatic carbocycles. The van der Waals surface area contributed by atoms with Crippen LogP contribution >= 0.6 is 0 Å². The lowest BCUT2D eigenvalue weighted by molar-refractivity contribution is 0.224. The van der Waals surface area contributed by atoms with Gasteiger partial charge in [0.05, 0.1) is 11.6 Å². The van der Waals surface area contributed by atoms with Crippen LogP contribution in [0.3, 0.4) is 0 Å². The summed E-state index contributed by atoms with van der Waals surface area (Å²) in [4.78, 5) is 0.0240. The normalized spacial score (nSPS) is 22.4. The molecular weight excluding hydrogens is 228 g/mol. The van der Waals surface area contributed by atoms with Gasteiger partial charge in [-0.3, -0.25) is 0 Å². The number of hydrogen-bond donors (Lipinski definition) is 1. The molecule has 6 heteroatoms. The standard InChI is InChI=1S/C10H10N2O3S/c1-7-6-12-16(13,14)10-4-8(5-11)2-3-9(10)15-7/h2-4,7,12H,6H2,1H3/t7-/m1/s1. The second-order valence-corrected chi connectivity index (χ2v) is 5.29. The number of sulfonamides is 1. The highest BCUT2D eigenvalue weighted by molar-refractivity contribution is 7.89. The van der Waals surface area contributed by atoms with E-state index < -0.39 is 10.0 Å². The Hall–Kier alpha value is -1.58. The average Bonchev–Trinajstić information content (AvgIpc) is 2.37. The van der Waals surface area contributed by atoms with Crippen molar-refractivity contribution < 1.29 is 13.2 Å². The first-order valence-electron chi connectivity index (χ1n) is 4.73. The number of nitrogens with zero attached hydrogens (tertiary/aromatic N) is 1. The van der Waals surface area contributed by atoms with Crippen molar-refractivity contribution in [1.82, 2.24) is 4.72 Å². The third-order valence-corrected chi connectivity index (χ3v) is 3.70. The van der Waals surface area contributed by atoms with E-state index in [1.54, 1.807) is 6.92 Å². The van der Waals surface area contributed by atoms with Gasteiger partial charge in [-0.25, -0.2) is 13.1 Å². The molecule has 16 heavy (non-hydrogen) atoms. The SMILES string of the molecule is C[C@@H]1CNS(=O)(=O)c2cc(C#N)ccc2O1. The monoisotopic (exact) mass is 238 g/mol. The van der Waals surface area contributed by atoms with Crippen molar-refractivity contribution in [3.63, 3.8) is 0 Å². The summed E-state index contributed by atoms with van der Waals surface area (Å²) in [5.41, 5.74) is 0.294. The summed E-state index contributed by atoms with van der Waals surface area (Å²) in [5.74, 6) is 0.288. The Morgan fingerprint density at radius 1 is 1.56 bits per heavy atom. The zero-order chi connectivity index (χ0) is 11.8. The second kappa shape index (κ2) is 3.77. The van der Waals surface area contributed by atoms with Crippen LogP contribution in [0, 0.1) is 11.3 Å². The van der Waals surface area contributed by atoms with Crippen molar-refractivity contribution in [2.75, 3.05) is 6.54 Å². The van der Waals surface area contributed by atoms with E-state index in [4.69, 9.17) is 10.00 Å². The quantitative estimate of drug-likeness (QED) is 0.718. The van der Waals surface area contributed by atoms with Gasteiger partial charge in [0.15, 0.2) is 0 Å². The van der Waals surface area contributed by atoms with E-state index in [2.05, 4.69) is 4.72 Å². The molecule has 1 N–H and O–H groups in total. The number of nitriles is 1. The van der Waals surface area contributed by atoms with Crippen molar-refractivity contribution in [3.05, 3.63) is 23.8 Å². The molecule has 1 heterocycles. The van der Waals surface area contributed by atoms with Gasteiger partial charge in [-0.1, -0.05) is 0 Å². The molecule has 0 bridgehead atoms. The molecule has 1 atom stereocenters. The van der Waals surface area contributed by atoms with Crippen LogP contribution in [0.15, 0.2) is 23.1 Å². The van der Waals surface area contributed by atoms with Crippen LogP contribution in [0.2, 0.25) is 0 Å². The van der Waals surface area contributed by atoms with Gasteiger partial charge in [0.1, 0.15) is 16.7 Å². The van der Waals surface area contributed by atoms with Gasteiger partial charge in [0.2, 0.25) is 10.0 Å². The maximum atomic E-state index is 11.8. The first kappa shape index (κ1) is 10.9. The van der Waals surface area contributed by atoms with Crippen LogP contribution in [0.25, 0.3) is 0 Å². The maximum Gasteiger partial charge on any atom is 0.244 e.